The van der Waals surface area contributed by atoms with Crippen molar-refractivity contribution in [2.24, 2.45) is 16.6 Å². The number of guanidine groups is 1. The Morgan fingerprint density at radius 3 is 2.60 bits per heavy atom. The summed E-state index contributed by atoms with van der Waals surface area (Å²) in [7, 11) is 0. The van der Waals surface area contributed by atoms with E-state index in [0.717, 1.165) is 10.5 Å². The minimum Gasteiger partial charge on any atom is -0.444 e. The lowest BCUT2D eigenvalue weighted by molar-refractivity contribution is -0.127. The fraction of sp³-hybridized carbons (Fsp3) is 0.357. The summed E-state index contributed by atoms with van der Waals surface area (Å²) in [5.41, 5.74) is 6.46. The molecule has 0 fully saturated rings. The SMILES string of the molecule is CC(C)C1N=C(N)N(C(=O)OCc2ccccc2)C1=O. The summed E-state index contributed by atoms with van der Waals surface area (Å²) >= 11 is 0. The van der Waals surface area contributed by atoms with Gasteiger partial charge < -0.3 is 10.5 Å². The van der Waals surface area contributed by atoms with E-state index >= 15 is 0 Å². The van der Waals surface area contributed by atoms with Crippen LogP contribution in [-0.4, -0.2) is 28.9 Å². The Balaban J connectivity index is 2.00. The van der Waals surface area contributed by atoms with Gasteiger partial charge in [0, 0.05) is 0 Å². The molecule has 0 saturated heterocycles. The van der Waals surface area contributed by atoms with Crippen LogP contribution in [0.4, 0.5) is 4.79 Å². The molecular weight excluding hydrogens is 258 g/mol. The first kappa shape index (κ1) is 14.0. The van der Waals surface area contributed by atoms with Crippen molar-refractivity contribution < 1.29 is 14.3 Å². The first-order valence-electron chi connectivity index (χ1n) is 6.38. The molecule has 1 aromatic carbocycles. The zero-order valence-electron chi connectivity index (χ0n) is 11.4. The third kappa shape index (κ3) is 2.79. The predicted molar refractivity (Wildman–Crippen MR) is 73.7 cm³/mol. The number of hydrogen-bond acceptors (Lipinski definition) is 5. The third-order valence-electron chi connectivity index (χ3n) is 2.99. The predicted octanol–water partition coefficient (Wildman–Crippen LogP) is 1.50. The quantitative estimate of drug-likeness (QED) is 0.906. The van der Waals surface area contributed by atoms with Gasteiger partial charge in [-0.2, -0.15) is 4.90 Å². The van der Waals surface area contributed by atoms with E-state index in [1.807, 2.05) is 44.2 Å². The highest BCUT2D eigenvalue weighted by Crippen LogP contribution is 2.17. The summed E-state index contributed by atoms with van der Waals surface area (Å²) in [6.45, 7) is 3.78. The molecule has 0 bridgehead atoms. The summed E-state index contributed by atoms with van der Waals surface area (Å²) < 4.78 is 5.09. The average Bonchev–Trinajstić information content (AvgIpc) is 2.73. The lowest BCUT2D eigenvalue weighted by Gasteiger charge is -2.15. The van der Waals surface area contributed by atoms with E-state index < -0.39 is 18.0 Å². The number of ether oxygens (including phenoxy) is 1. The number of imide groups is 1. The van der Waals surface area contributed by atoms with Crippen LogP contribution in [0.25, 0.3) is 0 Å². The van der Waals surface area contributed by atoms with Crippen LogP contribution in [-0.2, 0) is 16.1 Å². The fourth-order valence-electron chi connectivity index (χ4n) is 1.90. The van der Waals surface area contributed by atoms with Crippen LogP contribution in [0.5, 0.6) is 0 Å². The van der Waals surface area contributed by atoms with Gasteiger partial charge in [0.1, 0.15) is 12.6 Å². The van der Waals surface area contributed by atoms with Crippen LogP contribution in [0.3, 0.4) is 0 Å². The number of amides is 2. The van der Waals surface area contributed by atoms with Gasteiger partial charge in [-0.3, -0.25) is 4.79 Å². The Labute approximate surface area is 117 Å². The zero-order valence-corrected chi connectivity index (χ0v) is 11.4. The number of nitrogens with two attached hydrogens (primary N) is 1. The van der Waals surface area contributed by atoms with Crippen molar-refractivity contribution in [1.82, 2.24) is 4.90 Å². The second-order valence-corrected chi connectivity index (χ2v) is 4.89. The molecule has 2 rings (SSSR count). The number of hydrogen-bond donors (Lipinski definition) is 1. The molecule has 1 aromatic rings. The van der Waals surface area contributed by atoms with E-state index in [1.165, 1.54) is 0 Å². The van der Waals surface area contributed by atoms with Crippen molar-refractivity contribution in [1.29, 1.82) is 0 Å². The summed E-state index contributed by atoms with van der Waals surface area (Å²) in [6.07, 6.45) is -0.789. The molecule has 2 amide bonds. The number of carbonyl (C=O) groups is 2. The molecule has 0 saturated carbocycles. The summed E-state index contributed by atoms with van der Waals surface area (Å²) in [4.78, 5) is 28.8. The van der Waals surface area contributed by atoms with E-state index in [0.29, 0.717) is 0 Å². The summed E-state index contributed by atoms with van der Waals surface area (Å²) in [5.74, 6) is -0.560. The van der Waals surface area contributed by atoms with Crippen LogP contribution in [0.2, 0.25) is 0 Å². The maximum atomic E-state index is 12.0. The van der Waals surface area contributed by atoms with Crippen LogP contribution >= 0.6 is 0 Å². The molecule has 1 heterocycles. The van der Waals surface area contributed by atoms with Crippen molar-refractivity contribution in [3.63, 3.8) is 0 Å². The number of rotatable bonds is 3. The number of carbonyl (C=O) groups excluding carboxylic acids is 2. The molecular formula is C14H17N3O3. The van der Waals surface area contributed by atoms with Gasteiger partial charge in [0.15, 0.2) is 0 Å². The molecule has 1 aliphatic heterocycles. The first-order valence-corrected chi connectivity index (χ1v) is 6.38. The summed E-state index contributed by atoms with van der Waals surface area (Å²) in [6, 6.07) is 8.59. The van der Waals surface area contributed by atoms with Gasteiger partial charge >= 0.3 is 6.09 Å². The van der Waals surface area contributed by atoms with Crippen molar-refractivity contribution >= 4 is 18.0 Å². The molecule has 0 aliphatic carbocycles. The molecule has 6 nitrogen and oxygen atoms in total. The van der Waals surface area contributed by atoms with Gasteiger partial charge in [0.05, 0.1) is 0 Å². The second kappa shape index (κ2) is 5.73. The van der Waals surface area contributed by atoms with Crippen LogP contribution in [0.15, 0.2) is 35.3 Å². The molecule has 0 radical (unpaired) electrons. The van der Waals surface area contributed by atoms with Crippen LogP contribution in [0.1, 0.15) is 19.4 Å². The van der Waals surface area contributed by atoms with Gasteiger partial charge in [-0.05, 0) is 11.5 Å². The van der Waals surface area contributed by atoms with Gasteiger partial charge in [-0.25, -0.2) is 9.79 Å². The molecule has 1 atom stereocenters. The standard InChI is InChI=1S/C14H17N3O3/c1-9(2)11-12(18)17(13(15)16-11)14(19)20-8-10-6-4-3-5-7-10/h3-7,9,11H,8H2,1-2H3,(H2,15,16). The van der Waals surface area contributed by atoms with Crippen molar-refractivity contribution in [3.8, 4) is 0 Å². The van der Waals surface area contributed by atoms with Crippen LogP contribution in [0, 0.1) is 5.92 Å². The molecule has 1 aliphatic rings. The number of benzene rings is 1. The molecule has 20 heavy (non-hydrogen) atoms. The molecule has 0 aromatic heterocycles. The maximum absolute atomic E-state index is 12.0. The molecule has 1 unspecified atom stereocenters. The first-order chi connectivity index (χ1) is 9.50. The topological polar surface area (TPSA) is 85.0 Å². The van der Waals surface area contributed by atoms with E-state index in [-0.39, 0.29) is 18.5 Å². The van der Waals surface area contributed by atoms with Crippen molar-refractivity contribution in [3.05, 3.63) is 35.9 Å². The van der Waals surface area contributed by atoms with Crippen molar-refractivity contribution in [2.45, 2.75) is 26.5 Å². The lowest BCUT2D eigenvalue weighted by atomic mass is 10.1. The van der Waals surface area contributed by atoms with E-state index in [1.54, 1.807) is 0 Å². The molecule has 0 spiro atoms. The normalized spacial score (nSPS) is 18.4. The van der Waals surface area contributed by atoms with Gasteiger partial charge in [-0.15, -0.1) is 0 Å². The van der Waals surface area contributed by atoms with E-state index in [2.05, 4.69) is 4.99 Å². The maximum Gasteiger partial charge on any atom is 0.424 e. The zero-order chi connectivity index (χ0) is 14.7. The average molecular weight is 275 g/mol. The minimum absolute atomic E-state index is 0.0204. The van der Waals surface area contributed by atoms with E-state index in [9.17, 15) is 9.59 Å². The largest absolute Gasteiger partial charge is 0.444 e. The van der Waals surface area contributed by atoms with Gasteiger partial charge in [0.25, 0.3) is 5.91 Å². The Hall–Kier alpha value is -2.37. The minimum atomic E-state index is -0.789. The van der Waals surface area contributed by atoms with Gasteiger partial charge in [-0.1, -0.05) is 44.2 Å². The number of nitrogens with zero attached hydrogens (tertiary/aromatic N) is 2. The Bertz CT molecular complexity index is 540. The number of aliphatic imine (C=N–C) groups is 1. The Morgan fingerprint density at radius 1 is 1.40 bits per heavy atom. The second-order valence-electron chi connectivity index (χ2n) is 4.89. The highest BCUT2D eigenvalue weighted by Gasteiger charge is 2.40. The van der Waals surface area contributed by atoms with Gasteiger partial charge in [0.2, 0.25) is 5.96 Å². The van der Waals surface area contributed by atoms with Crippen LogP contribution < -0.4 is 5.73 Å². The fourth-order valence-corrected chi connectivity index (χ4v) is 1.90. The highest BCUT2D eigenvalue weighted by molar-refractivity contribution is 6.14. The smallest absolute Gasteiger partial charge is 0.424 e. The highest BCUT2D eigenvalue weighted by atomic mass is 16.6. The molecule has 2 N–H and O–H groups in total. The van der Waals surface area contributed by atoms with Crippen molar-refractivity contribution in [2.75, 3.05) is 0 Å². The molecule has 6 heteroatoms. The summed E-state index contributed by atoms with van der Waals surface area (Å²) in [5, 5.41) is 0. The monoisotopic (exact) mass is 275 g/mol. The Morgan fingerprint density at radius 2 is 2.05 bits per heavy atom. The Kier molecular flexibility index (Phi) is 4.02. The lowest BCUT2D eigenvalue weighted by Crippen LogP contribution is -2.44. The van der Waals surface area contributed by atoms with E-state index in [4.69, 9.17) is 10.5 Å². The third-order valence-corrected chi connectivity index (χ3v) is 2.99. The molecule has 106 valence electrons.